The number of carboxylic acid groups (broad SMARTS) is 6. The Morgan fingerprint density at radius 1 is 0.230 bits per heavy atom. The van der Waals surface area contributed by atoms with Crippen molar-refractivity contribution in [3.63, 3.8) is 0 Å². The molecule has 6 aromatic carbocycles. The molecule has 32 heteroatoms. The standard InChI is InChI=1S/6C7H6O5.Al.Nd/c6*8-4-1-3(7(11)12)2-5(9)6(4)10;;/h6*1-2,8-10H,(H,11,12);;/q;;;;;;2*+3/p-6. The maximum atomic E-state index is 10.7. The molecule has 0 aliphatic carbocycles. The third-order valence-electron chi connectivity index (χ3n) is 7.78. The second-order valence-electron chi connectivity index (χ2n) is 12.9. The van der Waals surface area contributed by atoms with Gasteiger partial charge in [-0.15, -0.1) is 0 Å². The van der Waals surface area contributed by atoms with E-state index in [1.807, 2.05) is 0 Å². The summed E-state index contributed by atoms with van der Waals surface area (Å²) < 4.78 is 0. The third kappa shape index (κ3) is 19.3. The second-order valence-corrected chi connectivity index (χ2v) is 12.9. The van der Waals surface area contributed by atoms with Crippen LogP contribution in [0.4, 0.5) is 0 Å². The molecule has 0 aromatic heterocycles. The fourth-order valence-electron chi connectivity index (χ4n) is 4.33. The Morgan fingerprint density at radius 3 is 0.351 bits per heavy atom. The van der Waals surface area contributed by atoms with E-state index in [9.17, 15) is 59.4 Å². The molecule has 0 aliphatic rings. The van der Waals surface area contributed by atoms with Crippen LogP contribution in [0, 0.1) is 40.8 Å². The SMILES string of the molecule is O=C(O)c1cc(O)c([O-])c(O)c1.O=C(O)c1cc(O)c([O-])c(O)c1.O=C(O)c1cc(O)c([O-])c(O)c1.O=C(O)c1cc(O)c([O-])c(O)c1.O=C(O)c1cc(O)c([O-])c(O)c1.O=C(O)c1cc(O)c([O-])c(O)c1.[Al+3].[Nd+3]. The average molecular weight is 1190 g/mol. The molecule has 0 bridgehead atoms. The van der Waals surface area contributed by atoms with Gasteiger partial charge in [-0.25, -0.2) is 28.8 Å². The van der Waals surface area contributed by atoms with Crippen molar-refractivity contribution in [1.82, 2.24) is 0 Å². The van der Waals surface area contributed by atoms with Crippen molar-refractivity contribution in [1.29, 1.82) is 0 Å². The molecule has 74 heavy (non-hydrogen) atoms. The number of hydrogen-bond donors (Lipinski definition) is 18. The van der Waals surface area contributed by atoms with Gasteiger partial charge in [0.15, 0.2) is 0 Å². The van der Waals surface area contributed by atoms with Crippen LogP contribution in [-0.4, -0.2) is 145 Å². The van der Waals surface area contributed by atoms with Gasteiger partial charge in [0.05, 0.1) is 33.4 Å². The Morgan fingerprint density at radius 2 is 0.297 bits per heavy atom. The summed E-state index contributed by atoms with van der Waals surface area (Å²) in [6.07, 6.45) is 0. The van der Waals surface area contributed by atoms with Crippen LogP contribution < -0.4 is 30.6 Å². The number of aromatic carboxylic acids is 6. The molecule has 30 nitrogen and oxygen atoms in total. The molecule has 6 aromatic rings. The van der Waals surface area contributed by atoms with Crippen molar-refractivity contribution in [2.75, 3.05) is 0 Å². The molecule has 0 aliphatic heterocycles. The Labute approximate surface area is 452 Å². The molecule has 0 fully saturated rings. The average Bonchev–Trinajstić information content (AvgIpc) is 3.29. The largest absolute Gasteiger partial charge is 3.00 e. The molecule has 0 heterocycles. The fraction of sp³-hybridized carbons (Fsp3) is 0. The quantitative estimate of drug-likeness (QED) is 0.0874. The van der Waals surface area contributed by atoms with Crippen molar-refractivity contribution >= 4 is 53.2 Å². The number of rotatable bonds is 6. The number of aromatic hydroxyl groups is 12. The molecule has 18 N–H and O–H groups in total. The molecule has 0 saturated carbocycles. The van der Waals surface area contributed by atoms with Crippen LogP contribution in [-0.2, 0) is 0 Å². The first-order valence-electron chi connectivity index (χ1n) is 17.9. The number of carbonyl (C=O) groups is 6. The summed E-state index contributed by atoms with van der Waals surface area (Å²) >= 11 is 0. The molecular formula is C42H30AlNdO30. The Kier molecular flexibility index (Phi) is 26.0. The number of hydrogen-bond acceptors (Lipinski definition) is 24. The van der Waals surface area contributed by atoms with E-state index < -0.39 is 139 Å². The van der Waals surface area contributed by atoms with Crippen molar-refractivity contribution in [3.05, 3.63) is 106 Å². The van der Waals surface area contributed by atoms with Gasteiger partial charge in [-0.1, -0.05) is 0 Å². The Bertz CT molecular complexity index is 2380. The van der Waals surface area contributed by atoms with Gasteiger partial charge in [0, 0.05) is 0 Å². The van der Waals surface area contributed by atoms with Gasteiger partial charge in [0.25, 0.3) is 0 Å². The summed E-state index contributed by atoms with van der Waals surface area (Å²) in [6, 6.07) is 9.39. The van der Waals surface area contributed by atoms with E-state index >= 15 is 0 Å². The summed E-state index contributed by atoms with van der Waals surface area (Å²) in [7, 11) is 0. The summed E-state index contributed by atoms with van der Waals surface area (Å²) in [4.78, 5) is 61.8. The fourth-order valence-corrected chi connectivity index (χ4v) is 4.33. The van der Waals surface area contributed by atoms with E-state index in [0.29, 0.717) is 0 Å². The smallest absolute Gasteiger partial charge is 0.867 e. The van der Waals surface area contributed by atoms with E-state index in [1.165, 1.54) is 0 Å². The van der Waals surface area contributed by atoms with Crippen LogP contribution in [0.15, 0.2) is 72.8 Å². The molecule has 0 saturated heterocycles. The molecular weight excluding hydrogens is 1160 g/mol. The van der Waals surface area contributed by atoms with E-state index in [0.717, 1.165) is 72.8 Å². The molecule has 0 amide bonds. The van der Waals surface area contributed by atoms with E-state index in [-0.39, 0.29) is 91.6 Å². The first-order chi connectivity index (χ1) is 33.1. The third-order valence-corrected chi connectivity index (χ3v) is 7.78. The number of benzene rings is 6. The van der Waals surface area contributed by atoms with E-state index in [4.69, 9.17) is 91.9 Å². The van der Waals surface area contributed by atoms with Gasteiger partial charge in [0.1, 0.15) is 69.0 Å². The predicted octanol–water partition coefficient (Wildman–Crippen LogP) is -1.16. The maximum absolute atomic E-state index is 10.7. The summed E-state index contributed by atoms with van der Waals surface area (Å²) in [5, 5.41) is 220. The van der Waals surface area contributed by atoms with Crippen molar-refractivity contribution in [2.45, 2.75) is 0 Å². The minimum absolute atomic E-state index is 0. The zero-order valence-corrected chi connectivity index (χ0v) is 40.3. The van der Waals surface area contributed by atoms with Gasteiger partial charge in [-0.2, -0.15) is 0 Å². The monoisotopic (exact) mass is 1180 g/mol. The molecule has 0 unspecified atom stereocenters. The first-order valence-corrected chi connectivity index (χ1v) is 17.9. The van der Waals surface area contributed by atoms with Gasteiger partial charge >= 0.3 is 94.0 Å². The first kappa shape index (κ1) is 66.5. The van der Waals surface area contributed by atoms with Crippen LogP contribution in [0.1, 0.15) is 62.1 Å². The zero-order chi connectivity index (χ0) is 55.8. The molecule has 1 radical (unpaired) electrons. The summed E-state index contributed by atoms with van der Waals surface area (Å²) in [5.41, 5.74) is -1.97. The molecule has 0 spiro atoms. The predicted molar refractivity (Wildman–Crippen MR) is 223 cm³/mol. The van der Waals surface area contributed by atoms with Crippen molar-refractivity contribution in [2.24, 2.45) is 0 Å². The van der Waals surface area contributed by atoms with Crippen LogP contribution in [0.3, 0.4) is 0 Å². The second kappa shape index (κ2) is 28.9. The molecule has 0 atom stereocenters. The normalized spacial score (nSPS) is 9.41. The summed E-state index contributed by atoms with van der Waals surface area (Å²) in [6.45, 7) is 0. The van der Waals surface area contributed by atoms with Gasteiger partial charge in [0.2, 0.25) is 0 Å². The van der Waals surface area contributed by atoms with Crippen LogP contribution in [0.25, 0.3) is 0 Å². The van der Waals surface area contributed by atoms with Crippen molar-refractivity contribution < 1.29 is 192 Å². The van der Waals surface area contributed by atoms with Crippen LogP contribution >= 0.6 is 0 Å². The van der Waals surface area contributed by atoms with Crippen LogP contribution in [0.5, 0.6) is 103 Å². The van der Waals surface area contributed by atoms with Gasteiger partial charge in [-0.05, 0) is 107 Å². The molecule has 6 rings (SSSR count). The topological polar surface area (TPSA) is 605 Å². The van der Waals surface area contributed by atoms with Gasteiger partial charge < -0.3 is 123 Å². The number of phenols is 12. The summed E-state index contributed by atoms with van der Waals surface area (Å²) in [5.74, 6) is -23.0. The Hall–Kier alpha value is -9.58. The maximum Gasteiger partial charge on any atom is 3.00 e. The molecule has 385 valence electrons. The van der Waals surface area contributed by atoms with Crippen LogP contribution in [0.2, 0.25) is 0 Å². The Balaban J connectivity index is 0. The minimum atomic E-state index is -1.32. The number of phenolic OH excluding ortho intramolecular Hbond substituents is 12. The van der Waals surface area contributed by atoms with Gasteiger partial charge in [-0.3, -0.25) is 0 Å². The zero-order valence-electron chi connectivity index (χ0n) is 36.0. The van der Waals surface area contributed by atoms with E-state index in [2.05, 4.69) is 0 Å². The van der Waals surface area contributed by atoms with Crippen molar-refractivity contribution in [3.8, 4) is 103 Å². The minimum Gasteiger partial charge on any atom is -0.867 e. The van der Waals surface area contributed by atoms with E-state index in [1.54, 1.807) is 0 Å². The number of carboxylic acids is 6.